The molecule has 0 fully saturated rings. The highest BCUT2D eigenvalue weighted by Crippen LogP contribution is 2.29. The van der Waals surface area contributed by atoms with Crippen LogP contribution in [-0.4, -0.2) is 25.1 Å². The molecule has 134 valence electrons. The first-order valence-corrected chi connectivity index (χ1v) is 9.48. The number of esters is 1. The molecule has 8 heteroatoms. The van der Waals surface area contributed by atoms with Gasteiger partial charge in [0.1, 0.15) is 5.75 Å². The standard InChI is InChI=1S/C17H17BrClNO4S/c1-10(24-14-6-5-11(19)8-12(14)18)17(22)20-13(9-16(21)23-2)15-4-3-7-25-15/h3-8,10,13H,9H2,1-2H3,(H,20,22). The Balaban J connectivity index is 2.05. The van der Waals surface area contributed by atoms with Crippen molar-refractivity contribution in [1.29, 1.82) is 0 Å². The monoisotopic (exact) mass is 445 g/mol. The molecular weight excluding hydrogens is 430 g/mol. The second kappa shape index (κ2) is 9.22. The van der Waals surface area contributed by atoms with Gasteiger partial charge in [-0.15, -0.1) is 11.3 Å². The van der Waals surface area contributed by atoms with Gasteiger partial charge in [-0.2, -0.15) is 0 Å². The van der Waals surface area contributed by atoms with E-state index in [1.165, 1.54) is 18.4 Å². The van der Waals surface area contributed by atoms with Gasteiger partial charge >= 0.3 is 5.97 Å². The Labute approximate surface area is 163 Å². The summed E-state index contributed by atoms with van der Waals surface area (Å²) in [5.74, 6) is -0.218. The van der Waals surface area contributed by atoms with Crippen molar-refractivity contribution < 1.29 is 19.1 Å². The molecule has 2 aromatic rings. The summed E-state index contributed by atoms with van der Waals surface area (Å²) in [5, 5.41) is 5.29. The zero-order chi connectivity index (χ0) is 18.4. The smallest absolute Gasteiger partial charge is 0.307 e. The van der Waals surface area contributed by atoms with E-state index in [2.05, 4.69) is 21.2 Å². The van der Waals surface area contributed by atoms with E-state index in [0.29, 0.717) is 15.2 Å². The number of thiophene rings is 1. The van der Waals surface area contributed by atoms with Crippen LogP contribution in [0.15, 0.2) is 40.2 Å². The van der Waals surface area contributed by atoms with Crippen LogP contribution in [0.4, 0.5) is 0 Å². The highest BCUT2D eigenvalue weighted by molar-refractivity contribution is 9.10. The van der Waals surface area contributed by atoms with E-state index in [9.17, 15) is 9.59 Å². The Hall–Kier alpha value is -1.57. The van der Waals surface area contributed by atoms with Crippen molar-refractivity contribution in [2.45, 2.75) is 25.5 Å². The molecule has 1 N–H and O–H groups in total. The molecule has 0 saturated carbocycles. The third-order valence-electron chi connectivity index (χ3n) is 3.37. The molecule has 1 amide bonds. The quantitative estimate of drug-likeness (QED) is 0.642. The predicted molar refractivity (Wildman–Crippen MR) is 101 cm³/mol. The van der Waals surface area contributed by atoms with Gasteiger partial charge in [-0.1, -0.05) is 17.7 Å². The van der Waals surface area contributed by atoms with Gasteiger partial charge in [-0.25, -0.2) is 0 Å². The average molecular weight is 447 g/mol. The van der Waals surface area contributed by atoms with Crippen LogP contribution in [0.3, 0.4) is 0 Å². The van der Waals surface area contributed by atoms with Crippen LogP contribution >= 0.6 is 38.9 Å². The van der Waals surface area contributed by atoms with E-state index in [0.717, 1.165) is 4.88 Å². The maximum atomic E-state index is 12.5. The number of hydrogen-bond donors (Lipinski definition) is 1. The molecule has 1 aromatic carbocycles. The van der Waals surface area contributed by atoms with E-state index in [-0.39, 0.29) is 12.3 Å². The number of halogens is 2. The van der Waals surface area contributed by atoms with Crippen LogP contribution < -0.4 is 10.1 Å². The minimum absolute atomic E-state index is 0.0557. The predicted octanol–water partition coefficient (Wildman–Crippen LogP) is 4.35. The highest BCUT2D eigenvalue weighted by atomic mass is 79.9. The Morgan fingerprint density at radius 2 is 2.12 bits per heavy atom. The molecule has 25 heavy (non-hydrogen) atoms. The number of rotatable bonds is 7. The minimum Gasteiger partial charge on any atom is -0.480 e. The Kier molecular flexibility index (Phi) is 7.28. The maximum Gasteiger partial charge on any atom is 0.307 e. The SMILES string of the molecule is COC(=O)CC(NC(=O)C(C)Oc1ccc(Cl)cc1Br)c1cccs1. The van der Waals surface area contributed by atoms with Gasteiger partial charge in [0.25, 0.3) is 5.91 Å². The van der Waals surface area contributed by atoms with Gasteiger partial charge in [0.05, 0.1) is 24.0 Å². The lowest BCUT2D eigenvalue weighted by atomic mass is 10.1. The molecule has 0 aliphatic heterocycles. The molecule has 5 nitrogen and oxygen atoms in total. The lowest BCUT2D eigenvalue weighted by Crippen LogP contribution is -2.39. The molecule has 0 aliphatic rings. The fraction of sp³-hybridized carbons (Fsp3) is 0.294. The third kappa shape index (κ3) is 5.73. The van der Waals surface area contributed by atoms with Crippen LogP contribution in [0.1, 0.15) is 24.3 Å². The summed E-state index contributed by atoms with van der Waals surface area (Å²) in [6.07, 6.45) is -0.697. The van der Waals surface area contributed by atoms with Crippen molar-refractivity contribution in [3.63, 3.8) is 0 Å². The van der Waals surface area contributed by atoms with Gasteiger partial charge in [0, 0.05) is 9.90 Å². The van der Waals surface area contributed by atoms with Gasteiger partial charge in [-0.05, 0) is 52.5 Å². The first kappa shape index (κ1) is 19.8. The second-order valence-corrected chi connectivity index (χ2v) is 7.46. The molecule has 0 radical (unpaired) electrons. The summed E-state index contributed by atoms with van der Waals surface area (Å²) < 4.78 is 11.0. The molecule has 0 spiro atoms. The third-order valence-corrected chi connectivity index (χ3v) is 5.21. The summed E-state index contributed by atoms with van der Waals surface area (Å²) in [6.45, 7) is 1.64. The molecule has 0 saturated heterocycles. The Morgan fingerprint density at radius 1 is 1.36 bits per heavy atom. The lowest BCUT2D eigenvalue weighted by Gasteiger charge is -2.20. The molecule has 0 aliphatic carbocycles. The molecule has 1 heterocycles. The summed E-state index contributed by atoms with van der Waals surface area (Å²) in [7, 11) is 1.32. The number of carbonyl (C=O) groups is 2. The summed E-state index contributed by atoms with van der Waals surface area (Å²) in [4.78, 5) is 25.0. The van der Waals surface area contributed by atoms with Crippen LogP contribution in [0.2, 0.25) is 5.02 Å². The number of benzene rings is 1. The first-order valence-electron chi connectivity index (χ1n) is 7.43. The molecule has 1 aromatic heterocycles. The summed E-state index contributed by atoms with van der Waals surface area (Å²) in [5.41, 5.74) is 0. The number of amides is 1. The topological polar surface area (TPSA) is 64.6 Å². The zero-order valence-electron chi connectivity index (χ0n) is 13.6. The minimum atomic E-state index is -0.752. The zero-order valence-corrected chi connectivity index (χ0v) is 16.8. The number of nitrogens with one attached hydrogen (secondary N) is 1. The lowest BCUT2D eigenvalue weighted by molar-refractivity contribution is -0.141. The van der Waals surface area contributed by atoms with Crippen molar-refractivity contribution in [3.05, 3.63) is 50.1 Å². The van der Waals surface area contributed by atoms with Crippen molar-refractivity contribution >= 4 is 50.7 Å². The number of carbonyl (C=O) groups excluding carboxylic acids is 2. The molecular formula is C17H17BrClNO4S. The van der Waals surface area contributed by atoms with Crippen molar-refractivity contribution in [2.75, 3.05) is 7.11 Å². The fourth-order valence-electron chi connectivity index (χ4n) is 2.07. The van der Waals surface area contributed by atoms with E-state index in [1.54, 1.807) is 25.1 Å². The van der Waals surface area contributed by atoms with Crippen molar-refractivity contribution in [1.82, 2.24) is 5.32 Å². The van der Waals surface area contributed by atoms with Crippen LogP contribution in [0.25, 0.3) is 0 Å². The van der Waals surface area contributed by atoms with Gasteiger partial charge in [0.2, 0.25) is 0 Å². The highest BCUT2D eigenvalue weighted by Gasteiger charge is 2.24. The van der Waals surface area contributed by atoms with E-state index < -0.39 is 18.1 Å². The molecule has 2 atom stereocenters. The Bertz CT molecular complexity index is 738. The summed E-state index contributed by atoms with van der Waals surface area (Å²) >= 11 is 10.7. The first-order chi connectivity index (χ1) is 11.9. The molecule has 0 bridgehead atoms. The average Bonchev–Trinajstić information content (AvgIpc) is 3.10. The van der Waals surface area contributed by atoms with E-state index in [4.69, 9.17) is 21.1 Å². The number of ether oxygens (including phenoxy) is 2. The summed E-state index contributed by atoms with van der Waals surface area (Å²) in [6, 6.07) is 8.31. The van der Waals surface area contributed by atoms with Gasteiger partial charge < -0.3 is 14.8 Å². The van der Waals surface area contributed by atoms with Crippen LogP contribution in [0, 0.1) is 0 Å². The maximum absolute atomic E-state index is 12.5. The second-order valence-electron chi connectivity index (χ2n) is 5.19. The fourth-order valence-corrected chi connectivity index (χ4v) is 3.62. The number of hydrogen-bond acceptors (Lipinski definition) is 5. The molecule has 2 unspecified atom stereocenters. The van der Waals surface area contributed by atoms with Crippen molar-refractivity contribution in [3.8, 4) is 5.75 Å². The van der Waals surface area contributed by atoms with Crippen LogP contribution in [-0.2, 0) is 14.3 Å². The largest absolute Gasteiger partial charge is 0.480 e. The Morgan fingerprint density at radius 3 is 2.72 bits per heavy atom. The van der Waals surface area contributed by atoms with Gasteiger partial charge in [-0.3, -0.25) is 9.59 Å². The van der Waals surface area contributed by atoms with Crippen molar-refractivity contribution in [2.24, 2.45) is 0 Å². The van der Waals surface area contributed by atoms with E-state index >= 15 is 0 Å². The van der Waals surface area contributed by atoms with Gasteiger partial charge in [0.15, 0.2) is 6.10 Å². The molecule has 2 rings (SSSR count). The van der Waals surface area contributed by atoms with Crippen LogP contribution in [0.5, 0.6) is 5.75 Å². The normalized spacial score (nSPS) is 13.0. The van der Waals surface area contributed by atoms with E-state index in [1.807, 2.05) is 17.5 Å². The number of methoxy groups -OCH3 is 1.